The number of nitrogens with one attached hydrogen (secondary N) is 1. The van der Waals surface area contributed by atoms with Crippen molar-refractivity contribution in [2.24, 2.45) is 0 Å². The van der Waals surface area contributed by atoms with Gasteiger partial charge in [-0.05, 0) is 36.8 Å². The molecule has 0 bridgehead atoms. The Kier molecular flexibility index (Phi) is 5.25. The fourth-order valence-corrected chi connectivity index (χ4v) is 3.55. The molecule has 4 aromatic rings. The number of benzene rings is 2. The fourth-order valence-electron chi connectivity index (χ4n) is 2.77. The van der Waals surface area contributed by atoms with Crippen LogP contribution in [0.25, 0.3) is 11.0 Å². The van der Waals surface area contributed by atoms with Crippen LogP contribution in [0.3, 0.4) is 0 Å². The van der Waals surface area contributed by atoms with Gasteiger partial charge in [-0.2, -0.15) is 13.2 Å². The molecule has 0 spiro atoms. The Morgan fingerprint density at radius 1 is 1.03 bits per heavy atom. The van der Waals surface area contributed by atoms with Crippen molar-refractivity contribution >= 4 is 28.6 Å². The monoisotopic (exact) mass is 431 g/mol. The van der Waals surface area contributed by atoms with E-state index in [0.717, 1.165) is 34.1 Å². The highest BCUT2D eigenvalue weighted by atomic mass is 32.2. The van der Waals surface area contributed by atoms with Gasteiger partial charge in [0.25, 0.3) is 0 Å². The number of aromatic nitrogens is 4. The lowest BCUT2D eigenvalue weighted by Gasteiger charge is -2.07. The number of ether oxygens (including phenoxy) is 1. The number of rotatable bonds is 5. The molecular formula is C20H16F3N5OS. The molecule has 0 atom stereocenters. The van der Waals surface area contributed by atoms with Crippen LogP contribution in [0.5, 0.6) is 11.5 Å². The summed E-state index contributed by atoms with van der Waals surface area (Å²) in [6, 6.07) is 14.5. The predicted octanol–water partition coefficient (Wildman–Crippen LogP) is 5.35. The molecular weight excluding hydrogens is 415 g/mol. The minimum atomic E-state index is -4.66. The second-order valence-electron chi connectivity index (χ2n) is 6.52. The Morgan fingerprint density at radius 3 is 2.60 bits per heavy atom. The topological polar surface area (TPSA) is 89.7 Å². The summed E-state index contributed by atoms with van der Waals surface area (Å²) in [6.07, 6.45) is -4.66. The third-order valence-corrected chi connectivity index (χ3v) is 4.98. The number of nitrogens with two attached hydrogens (primary N) is 1. The summed E-state index contributed by atoms with van der Waals surface area (Å²) in [6.45, 7) is 1.98. The minimum absolute atomic E-state index is 0.124. The molecule has 2 heterocycles. The summed E-state index contributed by atoms with van der Waals surface area (Å²) >= 11 is 1.09. The van der Waals surface area contributed by atoms with Crippen LogP contribution in [0.15, 0.2) is 53.6 Å². The number of nitrogen functional groups attached to an aromatic ring is 1. The van der Waals surface area contributed by atoms with Crippen LogP contribution in [-0.2, 0) is 11.9 Å². The number of aromatic amines is 1. The highest BCUT2D eigenvalue weighted by Crippen LogP contribution is 2.30. The van der Waals surface area contributed by atoms with Gasteiger partial charge in [0.05, 0.1) is 16.8 Å². The lowest BCUT2D eigenvalue weighted by Crippen LogP contribution is -2.12. The number of imidazole rings is 1. The van der Waals surface area contributed by atoms with Crippen LogP contribution in [0.1, 0.15) is 17.2 Å². The van der Waals surface area contributed by atoms with Crippen molar-refractivity contribution < 1.29 is 17.9 Å². The van der Waals surface area contributed by atoms with Gasteiger partial charge in [-0.1, -0.05) is 23.9 Å². The zero-order valence-electron chi connectivity index (χ0n) is 15.7. The van der Waals surface area contributed by atoms with Crippen molar-refractivity contribution in [1.29, 1.82) is 0 Å². The van der Waals surface area contributed by atoms with Crippen LogP contribution < -0.4 is 10.5 Å². The quantitative estimate of drug-likeness (QED) is 0.327. The Hall–Kier alpha value is -3.27. The van der Waals surface area contributed by atoms with Crippen molar-refractivity contribution in [3.05, 3.63) is 65.7 Å². The molecule has 154 valence electrons. The summed E-state index contributed by atoms with van der Waals surface area (Å²) in [5.74, 6) is 0.764. The lowest BCUT2D eigenvalue weighted by molar-refractivity contribution is -0.145. The molecule has 0 saturated heterocycles. The van der Waals surface area contributed by atoms with E-state index in [-0.39, 0.29) is 16.6 Å². The number of H-pyrrole nitrogens is 1. The molecule has 10 heteroatoms. The zero-order valence-corrected chi connectivity index (χ0v) is 16.5. The van der Waals surface area contributed by atoms with E-state index in [1.807, 2.05) is 49.4 Å². The first kappa shape index (κ1) is 20.0. The van der Waals surface area contributed by atoms with Gasteiger partial charge < -0.3 is 15.5 Å². The molecule has 6 nitrogen and oxygen atoms in total. The first-order valence-corrected chi connectivity index (χ1v) is 9.82. The number of nitrogens with zero attached hydrogens (tertiary/aromatic N) is 3. The Labute approximate surface area is 173 Å². The van der Waals surface area contributed by atoms with E-state index in [4.69, 9.17) is 10.5 Å². The minimum Gasteiger partial charge on any atom is -0.457 e. The fraction of sp³-hybridized carbons (Fsp3) is 0.150. The van der Waals surface area contributed by atoms with Crippen molar-refractivity contribution in [3.63, 3.8) is 0 Å². The number of halogens is 3. The second-order valence-corrected chi connectivity index (χ2v) is 7.52. The van der Waals surface area contributed by atoms with E-state index in [1.54, 1.807) is 0 Å². The Morgan fingerprint density at radius 2 is 1.83 bits per heavy atom. The molecule has 2 aromatic carbocycles. The molecule has 0 unspecified atom stereocenters. The van der Waals surface area contributed by atoms with Gasteiger partial charge in [0.1, 0.15) is 28.2 Å². The van der Waals surface area contributed by atoms with E-state index in [0.29, 0.717) is 11.6 Å². The maximum Gasteiger partial charge on any atom is 0.451 e. The molecule has 0 amide bonds. The highest BCUT2D eigenvalue weighted by molar-refractivity contribution is 7.98. The number of hydrogen-bond acceptors (Lipinski definition) is 6. The van der Waals surface area contributed by atoms with Gasteiger partial charge in [-0.15, -0.1) is 0 Å². The van der Waals surface area contributed by atoms with E-state index in [9.17, 15) is 13.2 Å². The van der Waals surface area contributed by atoms with Gasteiger partial charge in [0.2, 0.25) is 5.82 Å². The van der Waals surface area contributed by atoms with Gasteiger partial charge in [0, 0.05) is 12.1 Å². The third kappa shape index (κ3) is 4.65. The molecule has 0 radical (unpaired) electrons. The van der Waals surface area contributed by atoms with Crippen LogP contribution in [0.2, 0.25) is 0 Å². The van der Waals surface area contributed by atoms with Gasteiger partial charge in [-0.3, -0.25) is 0 Å². The van der Waals surface area contributed by atoms with Crippen molar-refractivity contribution in [1.82, 2.24) is 19.9 Å². The number of aryl methyl sites for hydroxylation is 1. The molecule has 0 aliphatic rings. The summed E-state index contributed by atoms with van der Waals surface area (Å²) in [7, 11) is 0. The zero-order chi connectivity index (χ0) is 21.3. The molecule has 30 heavy (non-hydrogen) atoms. The van der Waals surface area contributed by atoms with Gasteiger partial charge in [0.15, 0.2) is 0 Å². The molecule has 0 aliphatic heterocycles. The van der Waals surface area contributed by atoms with E-state index in [1.165, 1.54) is 6.07 Å². The predicted molar refractivity (Wildman–Crippen MR) is 108 cm³/mol. The van der Waals surface area contributed by atoms with Crippen molar-refractivity contribution in [3.8, 4) is 11.5 Å². The van der Waals surface area contributed by atoms with Crippen LogP contribution in [0, 0.1) is 6.92 Å². The summed E-state index contributed by atoms with van der Waals surface area (Å²) in [5.41, 5.74) is 8.05. The molecule has 0 saturated carbocycles. The first-order chi connectivity index (χ1) is 14.3. The number of thioether (sulfide) groups is 1. The van der Waals surface area contributed by atoms with Gasteiger partial charge >= 0.3 is 6.18 Å². The third-order valence-electron chi connectivity index (χ3n) is 4.06. The summed E-state index contributed by atoms with van der Waals surface area (Å²) in [5, 5.41) is 0.124. The number of fused-ring (bicyclic) bond motifs is 1. The van der Waals surface area contributed by atoms with Crippen LogP contribution in [0.4, 0.5) is 19.0 Å². The Bertz CT molecular complexity index is 1210. The van der Waals surface area contributed by atoms with Gasteiger partial charge in [-0.25, -0.2) is 15.0 Å². The molecule has 4 rings (SSSR count). The Balaban J connectivity index is 1.50. The summed E-state index contributed by atoms with van der Waals surface area (Å²) < 4.78 is 44.4. The standard InChI is InChI=1S/C20H16F3N5OS/c1-11-3-2-4-12(7-11)29-13-5-6-14-15(8-13)26-17(25-14)10-30-18-9-16(24)27-19(28-18)20(21,22)23/h2-9H,10H2,1H3,(H,25,26)(H2,24,27,28). The van der Waals surface area contributed by atoms with Crippen LogP contribution in [-0.4, -0.2) is 19.9 Å². The average molecular weight is 431 g/mol. The number of alkyl halides is 3. The molecule has 0 fully saturated rings. The SMILES string of the molecule is Cc1cccc(Oc2ccc3nc(CSc4cc(N)nc(C(F)(F)F)n4)[nH]c3c2)c1. The van der Waals surface area contributed by atoms with Crippen LogP contribution >= 0.6 is 11.8 Å². The molecule has 0 aliphatic carbocycles. The first-order valence-electron chi connectivity index (χ1n) is 8.84. The maximum absolute atomic E-state index is 12.8. The summed E-state index contributed by atoms with van der Waals surface area (Å²) in [4.78, 5) is 14.4. The van der Waals surface area contributed by atoms with Crippen molar-refractivity contribution in [2.45, 2.75) is 23.9 Å². The molecule has 3 N–H and O–H groups in total. The average Bonchev–Trinajstić information content (AvgIpc) is 3.07. The highest BCUT2D eigenvalue weighted by Gasteiger charge is 2.35. The lowest BCUT2D eigenvalue weighted by atomic mass is 10.2. The number of anilines is 1. The smallest absolute Gasteiger partial charge is 0.451 e. The van der Waals surface area contributed by atoms with E-state index in [2.05, 4.69) is 19.9 Å². The van der Waals surface area contributed by atoms with E-state index < -0.39 is 12.0 Å². The van der Waals surface area contributed by atoms with Crippen molar-refractivity contribution in [2.75, 3.05) is 5.73 Å². The molecule has 2 aromatic heterocycles. The normalized spacial score (nSPS) is 11.7. The maximum atomic E-state index is 12.8. The van der Waals surface area contributed by atoms with E-state index >= 15 is 0 Å². The largest absolute Gasteiger partial charge is 0.457 e. The number of hydrogen-bond donors (Lipinski definition) is 2. The second kappa shape index (κ2) is 7.86.